The van der Waals surface area contributed by atoms with Crippen LogP contribution in [0.5, 0.6) is 0 Å². The van der Waals surface area contributed by atoms with Crippen molar-refractivity contribution in [1.82, 2.24) is 0 Å². The number of hydrogen-bond donors (Lipinski definition) is 1. The molecule has 0 unspecified atom stereocenters. The van der Waals surface area contributed by atoms with E-state index in [1.54, 1.807) is 6.08 Å². The minimum Gasteiger partial charge on any atom is -0.320 e. The largest absolute Gasteiger partial charge is 0.320 e. The number of hydrogen-bond acceptors (Lipinski definition) is 2. The normalized spacial score (nSPS) is 10.8. The van der Waals surface area contributed by atoms with Gasteiger partial charge >= 0.3 is 0 Å². The van der Waals surface area contributed by atoms with Crippen LogP contribution in [0, 0.1) is 5.82 Å². The Morgan fingerprint density at radius 2 is 2.22 bits per heavy atom. The first-order chi connectivity index (χ1) is 8.65. The summed E-state index contributed by atoms with van der Waals surface area (Å²) in [7, 11) is 0. The molecule has 1 heterocycles. The van der Waals surface area contributed by atoms with Crippen molar-refractivity contribution in [2.75, 3.05) is 5.32 Å². The summed E-state index contributed by atoms with van der Waals surface area (Å²) < 4.78 is 13.3. The maximum absolute atomic E-state index is 13.3. The Kier molecular flexibility index (Phi) is 4.12. The first-order valence-electron chi connectivity index (χ1n) is 5.13. The molecule has 1 aromatic heterocycles. The van der Waals surface area contributed by atoms with Crippen molar-refractivity contribution in [3.63, 3.8) is 0 Å². The Labute approximate surface area is 113 Å². The number of carbonyl (C=O) groups is 1. The van der Waals surface area contributed by atoms with Gasteiger partial charge in [0.1, 0.15) is 5.82 Å². The summed E-state index contributed by atoms with van der Waals surface area (Å²) in [6.07, 6.45) is 3.02. The lowest BCUT2D eigenvalue weighted by molar-refractivity contribution is -0.111. The molecule has 0 aliphatic rings. The van der Waals surface area contributed by atoms with Gasteiger partial charge in [-0.05, 0) is 35.7 Å². The third-order valence-electron chi connectivity index (χ3n) is 2.13. The van der Waals surface area contributed by atoms with Crippen LogP contribution in [0.4, 0.5) is 10.1 Å². The summed E-state index contributed by atoms with van der Waals surface area (Å²) in [6.45, 7) is 0. The number of thiophene rings is 1. The summed E-state index contributed by atoms with van der Waals surface area (Å²) in [5.41, 5.74) is 0.0725. The number of halogens is 2. The maximum atomic E-state index is 13.3. The highest BCUT2D eigenvalue weighted by Gasteiger charge is 2.05. The Bertz CT molecular complexity index is 581. The van der Waals surface area contributed by atoms with Crippen LogP contribution in [0.15, 0.2) is 41.8 Å². The van der Waals surface area contributed by atoms with Crippen molar-refractivity contribution in [1.29, 1.82) is 0 Å². The third kappa shape index (κ3) is 3.42. The zero-order valence-corrected chi connectivity index (χ0v) is 10.8. The smallest absolute Gasteiger partial charge is 0.248 e. The van der Waals surface area contributed by atoms with Crippen LogP contribution in [0.1, 0.15) is 4.88 Å². The zero-order chi connectivity index (χ0) is 13.0. The van der Waals surface area contributed by atoms with Crippen molar-refractivity contribution in [3.05, 3.63) is 57.5 Å². The predicted octanol–water partition coefficient (Wildman–Crippen LogP) is 4.19. The lowest BCUT2D eigenvalue weighted by Gasteiger charge is -2.03. The van der Waals surface area contributed by atoms with Gasteiger partial charge < -0.3 is 5.32 Å². The molecule has 0 radical (unpaired) electrons. The highest BCUT2D eigenvalue weighted by molar-refractivity contribution is 7.10. The molecule has 0 aliphatic carbocycles. The fourth-order valence-electron chi connectivity index (χ4n) is 1.31. The van der Waals surface area contributed by atoms with Gasteiger partial charge in [-0.1, -0.05) is 17.7 Å². The molecule has 1 N–H and O–H groups in total. The molecule has 0 bridgehead atoms. The second-order valence-corrected chi connectivity index (χ2v) is 4.88. The van der Waals surface area contributed by atoms with Gasteiger partial charge in [0, 0.05) is 16.0 Å². The first kappa shape index (κ1) is 12.8. The Hall–Kier alpha value is -1.65. The molecule has 2 nitrogen and oxygen atoms in total. The lowest BCUT2D eigenvalue weighted by atomic mass is 10.3. The van der Waals surface area contributed by atoms with Crippen LogP contribution in [-0.4, -0.2) is 5.91 Å². The minimum atomic E-state index is -0.516. The zero-order valence-electron chi connectivity index (χ0n) is 9.19. The fourth-order valence-corrected chi connectivity index (χ4v) is 2.10. The summed E-state index contributed by atoms with van der Waals surface area (Å²) in [5, 5.41) is 4.71. The van der Waals surface area contributed by atoms with E-state index in [0.29, 0.717) is 5.02 Å². The van der Waals surface area contributed by atoms with E-state index >= 15 is 0 Å². The van der Waals surface area contributed by atoms with E-state index in [2.05, 4.69) is 5.32 Å². The highest BCUT2D eigenvalue weighted by atomic mass is 35.5. The van der Waals surface area contributed by atoms with E-state index in [-0.39, 0.29) is 5.69 Å². The van der Waals surface area contributed by atoms with Crippen LogP contribution >= 0.6 is 22.9 Å². The Balaban J connectivity index is 2.05. The molecule has 0 spiro atoms. The average Bonchev–Trinajstić information content (AvgIpc) is 2.84. The van der Waals surface area contributed by atoms with Crippen LogP contribution in [0.2, 0.25) is 5.02 Å². The Morgan fingerprint density at radius 1 is 1.39 bits per heavy atom. The fraction of sp³-hybridized carbons (Fsp3) is 0. The molecule has 1 aromatic carbocycles. The second-order valence-electron chi connectivity index (χ2n) is 3.46. The highest BCUT2D eigenvalue weighted by Crippen LogP contribution is 2.19. The van der Waals surface area contributed by atoms with Gasteiger partial charge in [0.15, 0.2) is 0 Å². The standard InChI is InChI=1S/C13H9ClFNOS/c14-9-3-5-11(15)12(8-9)16-13(17)6-4-10-2-1-7-18-10/h1-8H,(H,16,17)/b6-4+. The first-order valence-corrected chi connectivity index (χ1v) is 6.38. The molecule has 0 aliphatic heterocycles. The van der Waals surface area contributed by atoms with Gasteiger partial charge in [0.2, 0.25) is 5.91 Å². The molecule has 0 saturated carbocycles. The molecule has 0 saturated heterocycles. The number of nitrogens with one attached hydrogen (secondary N) is 1. The second kappa shape index (κ2) is 5.80. The van der Waals surface area contributed by atoms with Crippen LogP contribution in [0.25, 0.3) is 6.08 Å². The van der Waals surface area contributed by atoms with E-state index in [4.69, 9.17) is 11.6 Å². The number of anilines is 1. The monoisotopic (exact) mass is 281 g/mol. The molecular formula is C13H9ClFNOS. The molecule has 18 heavy (non-hydrogen) atoms. The summed E-state index contributed by atoms with van der Waals surface area (Å²) in [6, 6.07) is 7.77. The van der Waals surface area contributed by atoms with E-state index in [1.165, 1.54) is 35.6 Å². The van der Waals surface area contributed by atoms with Crippen LogP contribution < -0.4 is 5.32 Å². The molecule has 5 heteroatoms. The van der Waals surface area contributed by atoms with Crippen LogP contribution in [0.3, 0.4) is 0 Å². The maximum Gasteiger partial charge on any atom is 0.248 e. The van der Waals surface area contributed by atoms with Gasteiger partial charge in [-0.15, -0.1) is 11.3 Å². The molecule has 2 aromatic rings. The molecule has 1 amide bonds. The predicted molar refractivity (Wildman–Crippen MR) is 73.4 cm³/mol. The summed E-state index contributed by atoms with van der Waals surface area (Å²) in [5.74, 6) is -0.915. The van der Waals surface area contributed by atoms with E-state index < -0.39 is 11.7 Å². The molecule has 92 valence electrons. The SMILES string of the molecule is O=C(/C=C/c1cccs1)Nc1cc(Cl)ccc1F. The molecule has 2 rings (SSSR count). The number of amides is 1. The average molecular weight is 282 g/mol. The summed E-state index contributed by atoms with van der Waals surface area (Å²) in [4.78, 5) is 12.5. The van der Waals surface area contributed by atoms with Gasteiger partial charge in [-0.25, -0.2) is 4.39 Å². The van der Waals surface area contributed by atoms with Gasteiger partial charge in [0.25, 0.3) is 0 Å². The van der Waals surface area contributed by atoms with Gasteiger partial charge in [-0.2, -0.15) is 0 Å². The topological polar surface area (TPSA) is 29.1 Å². The quantitative estimate of drug-likeness (QED) is 0.840. The number of rotatable bonds is 3. The Morgan fingerprint density at radius 3 is 2.94 bits per heavy atom. The molecule has 0 atom stereocenters. The number of benzene rings is 1. The molecular weight excluding hydrogens is 273 g/mol. The van der Waals surface area contributed by atoms with Crippen molar-refractivity contribution < 1.29 is 9.18 Å². The van der Waals surface area contributed by atoms with E-state index in [1.807, 2.05) is 17.5 Å². The lowest BCUT2D eigenvalue weighted by Crippen LogP contribution is -2.09. The van der Waals surface area contributed by atoms with E-state index in [0.717, 1.165) is 4.88 Å². The van der Waals surface area contributed by atoms with Crippen molar-refractivity contribution >= 4 is 40.6 Å². The number of carbonyl (C=O) groups excluding carboxylic acids is 1. The van der Waals surface area contributed by atoms with E-state index in [9.17, 15) is 9.18 Å². The summed E-state index contributed by atoms with van der Waals surface area (Å²) >= 11 is 7.24. The third-order valence-corrected chi connectivity index (χ3v) is 3.20. The van der Waals surface area contributed by atoms with Gasteiger partial charge in [-0.3, -0.25) is 4.79 Å². The van der Waals surface area contributed by atoms with Crippen molar-refractivity contribution in [3.8, 4) is 0 Å². The van der Waals surface area contributed by atoms with Crippen molar-refractivity contribution in [2.24, 2.45) is 0 Å². The van der Waals surface area contributed by atoms with Crippen molar-refractivity contribution in [2.45, 2.75) is 0 Å². The van der Waals surface area contributed by atoms with Crippen LogP contribution in [-0.2, 0) is 4.79 Å². The molecule has 0 fully saturated rings. The van der Waals surface area contributed by atoms with Gasteiger partial charge in [0.05, 0.1) is 5.69 Å². The minimum absolute atomic E-state index is 0.0725.